The Bertz CT molecular complexity index is 793. The van der Waals surface area contributed by atoms with Gasteiger partial charge in [-0.05, 0) is 65.3 Å². The van der Waals surface area contributed by atoms with Crippen molar-refractivity contribution in [3.8, 4) is 0 Å². The number of anilines is 2. The van der Waals surface area contributed by atoms with E-state index in [2.05, 4.69) is 26.6 Å². The fourth-order valence-electron chi connectivity index (χ4n) is 2.25. The van der Waals surface area contributed by atoms with E-state index in [0.29, 0.717) is 20.7 Å². The number of halogens is 2. The summed E-state index contributed by atoms with van der Waals surface area (Å²) in [7, 11) is 1.37. The molecule has 0 radical (unpaired) electrons. The second kappa shape index (κ2) is 8.29. The van der Waals surface area contributed by atoms with Crippen molar-refractivity contribution in [2.45, 2.75) is 20.3 Å². The molecule has 0 aliphatic heterocycles. The van der Waals surface area contributed by atoms with Crippen LogP contribution in [-0.2, 0) is 11.2 Å². The predicted molar refractivity (Wildman–Crippen MR) is 109 cm³/mol. The molecule has 0 spiro atoms. The Morgan fingerprint density at radius 2 is 2.12 bits per heavy atom. The highest BCUT2D eigenvalue weighted by Crippen LogP contribution is 2.34. The van der Waals surface area contributed by atoms with Crippen LogP contribution in [0.4, 0.5) is 10.7 Å². The maximum Gasteiger partial charge on any atom is 0.341 e. The zero-order valence-corrected chi connectivity index (χ0v) is 17.3. The van der Waals surface area contributed by atoms with E-state index in [9.17, 15) is 4.79 Å². The van der Waals surface area contributed by atoms with Gasteiger partial charge < -0.3 is 15.4 Å². The van der Waals surface area contributed by atoms with Gasteiger partial charge in [-0.2, -0.15) is 0 Å². The molecule has 0 atom stereocenters. The number of carbonyl (C=O) groups is 1. The number of methoxy groups -OCH3 is 1. The fourth-order valence-corrected chi connectivity index (χ4v) is 4.10. The van der Waals surface area contributed by atoms with Crippen molar-refractivity contribution in [3.63, 3.8) is 0 Å². The summed E-state index contributed by atoms with van der Waals surface area (Å²) in [5.41, 5.74) is 2.27. The lowest BCUT2D eigenvalue weighted by Gasteiger charge is -2.11. The number of hydrogen-bond acceptors (Lipinski definition) is 4. The van der Waals surface area contributed by atoms with Crippen molar-refractivity contribution in [2.75, 3.05) is 17.7 Å². The normalized spacial score (nSPS) is 10.4. The van der Waals surface area contributed by atoms with E-state index in [1.807, 2.05) is 26.0 Å². The summed E-state index contributed by atoms with van der Waals surface area (Å²) in [5.74, 6) is -0.367. The minimum absolute atomic E-state index is 0.367. The topological polar surface area (TPSA) is 50.4 Å². The monoisotopic (exact) mass is 446 g/mol. The van der Waals surface area contributed by atoms with Gasteiger partial charge in [0.15, 0.2) is 5.11 Å². The molecule has 0 aliphatic carbocycles. The Hall–Kier alpha value is -1.15. The summed E-state index contributed by atoms with van der Waals surface area (Å²) in [6.45, 7) is 3.98. The fraction of sp³-hybridized carbons (Fsp3) is 0.250. The summed E-state index contributed by atoms with van der Waals surface area (Å²) in [4.78, 5) is 13.2. The maximum absolute atomic E-state index is 12.1. The third-order valence-electron chi connectivity index (χ3n) is 3.36. The van der Waals surface area contributed by atoms with Gasteiger partial charge in [-0.15, -0.1) is 11.3 Å². The summed E-state index contributed by atoms with van der Waals surface area (Å²) in [6.07, 6.45) is 0.747. The number of rotatable bonds is 4. The molecule has 0 fully saturated rings. The summed E-state index contributed by atoms with van der Waals surface area (Å²) < 4.78 is 5.71. The van der Waals surface area contributed by atoms with Gasteiger partial charge in [-0.3, -0.25) is 0 Å². The van der Waals surface area contributed by atoms with Crippen molar-refractivity contribution >= 4 is 72.9 Å². The SMILES string of the molecule is CCc1c(C)sc(NC(=S)Nc2ccc(Br)c(Cl)c2)c1C(=O)OC. The van der Waals surface area contributed by atoms with E-state index in [1.54, 1.807) is 6.07 Å². The van der Waals surface area contributed by atoms with Crippen molar-refractivity contribution in [1.82, 2.24) is 0 Å². The number of nitrogens with one attached hydrogen (secondary N) is 2. The van der Waals surface area contributed by atoms with Gasteiger partial charge in [-0.1, -0.05) is 18.5 Å². The number of ether oxygens (including phenoxy) is 1. The van der Waals surface area contributed by atoms with Gasteiger partial charge in [0.2, 0.25) is 0 Å². The molecule has 0 amide bonds. The van der Waals surface area contributed by atoms with Gasteiger partial charge in [0.1, 0.15) is 5.00 Å². The third-order valence-corrected chi connectivity index (χ3v) is 5.86. The Balaban J connectivity index is 2.22. The predicted octanol–water partition coefficient (Wildman–Crippen LogP) is 5.63. The maximum atomic E-state index is 12.1. The summed E-state index contributed by atoms with van der Waals surface area (Å²) >= 11 is 16.2. The number of carbonyl (C=O) groups excluding carboxylic acids is 1. The highest BCUT2D eigenvalue weighted by molar-refractivity contribution is 9.10. The van der Waals surface area contributed by atoms with Gasteiger partial charge in [0, 0.05) is 15.0 Å². The zero-order chi connectivity index (χ0) is 17.9. The Morgan fingerprint density at radius 1 is 1.42 bits per heavy atom. The van der Waals surface area contributed by atoms with Gasteiger partial charge in [0.05, 0.1) is 17.7 Å². The van der Waals surface area contributed by atoms with Crippen molar-refractivity contribution in [2.24, 2.45) is 0 Å². The number of thiocarbonyl (C=S) groups is 1. The van der Waals surface area contributed by atoms with Crippen LogP contribution in [0, 0.1) is 6.92 Å². The lowest BCUT2D eigenvalue weighted by Crippen LogP contribution is -2.20. The standard InChI is InChI=1S/C16H16BrClN2O2S2/c1-4-10-8(2)24-14(13(10)15(21)22-3)20-16(23)19-9-5-6-11(17)12(18)7-9/h5-7H,4H2,1-3H3,(H2,19,20,23). The molecule has 1 heterocycles. The molecule has 1 aromatic carbocycles. The van der Waals surface area contributed by atoms with Crippen LogP contribution in [0.15, 0.2) is 22.7 Å². The van der Waals surface area contributed by atoms with E-state index in [1.165, 1.54) is 18.4 Å². The Labute approximate surface area is 163 Å². The lowest BCUT2D eigenvalue weighted by molar-refractivity contribution is 0.0601. The van der Waals surface area contributed by atoms with Gasteiger partial charge in [-0.25, -0.2) is 4.79 Å². The smallest absolute Gasteiger partial charge is 0.341 e. The van der Waals surface area contributed by atoms with Crippen LogP contribution in [0.1, 0.15) is 27.7 Å². The second-order valence-electron chi connectivity index (χ2n) is 4.89. The molecule has 4 nitrogen and oxygen atoms in total. The quantitative estimate of drug-likeness (QED) is 0.470. The van der Waals surface area contributed by atoms with Gasteiger partial charge >= 0.3 is 5.97 Å². The van der Waals surface area contributed by atoms with Crippen molar-refractivity contribution < 1.29 is 9.53 Å². The molecule has 128 valence electrons. The van der Waals surface area contributed by atoms with E-state index in [4.69, 9.17) is 28.6 Å². The third kappa shape index (κ3) is 4.27. The molecular formula is C16H16BrClN2O2S2. The van der Waals surface area contributed by atoms with Gasteiger partial charge in [0.25, 0.3) is 0 Å². The molecular weight excluding hydrogens is 432 g/mol. The number of aryl methyl sites for hydroxylation is 1. The number of benzene rings is 1. The minimum atomic E-state index is -0.367. The number of esters is 1. The largest absolute Gasteiger partial charge is 0.465 e. The number of thiophene rings is 1. The molecule has 0 saturated carbocycles. The Morgan fingerprint density at radius 3 is 2.71 bits per heavy atom. The average Bonchev–Trinajstić information content (AvgIpc) is 2.85. The van der Waals surface area contributed by atoms with Crippen LogP contribution in [0.25, 0.3) is 0 Å². The zero-order valence-electron chi connectivity index (χ0n) is 13.3. The molecule has 2 N–H and O–H groups in total. The first-order valence-electron chi connectivity index (χ1n) is 7.11. The molecule has 2 aromatic rings. The summed E-state index contributed by atoms with van der Waals surface area (Å²) in [5, 5.41) is 7.78. The first-order valence-corrected chi connectivity index (χ1v) is 9.50. The van der Waals surface area contributed by atoms with Crippen molar-refractivity contribution in [3.05, 3.63) is 43.7 Å². The molecule has 8 heteroatoms. The highest BCUT2D eigenvalue weighted by Gasteiger charge is 2.22. The van der Waals surface area contributed by atoms with Crippen LogP contribution in [0.3, 0.4) is 0 Å². The molecule has 24 heavy (non-hydrogen) atoms. The summed E-state index contributed by atoms with van der Waals surface area (Å²) in [6, 6.07) is 5.44. The van der Waals surface area contributed by atoms with E-state index in [0.717, 1.165) is 27.0 Å². The highest BCUT2D eigenvalue weighted by atomic mass is 79.9. The van der Waals surface area contributed by atoms with E-state index in [-0.39, 0.29) is 5.97 Å². The molecule has 0 saturated heterocycles. The van der Waals surface area contributed by atoms with Crippen molar-refractivity contribution in [1.29, 1.82) is 0 Å². The first-order chi connectivity index (χ1) is 11.4. The average molecular weight is 448 g/mol. The number of hydrogen-bond donors (Lipinski definition) is 2. The molecule has 0 bridgehead atoms. The lowest BCUT2D eigenvalue weighted by atomic mass is 10.1. The molecule has 0 unspecified atom stereocenters. The van der Waals surface area contributed by atoms with Crippen LogP contribution in [0.5, 0.6) is 0 Å². The molecule has 2 rings (SSSR count). The van der Waals surface area contributed by atoms with Crippen LogP contribution >= 0.6 is 51.1 Å². The first kappa shape index (κ1) is 19.2. The molecule has 0 aliphatic rings. The van der Waals surface area contributed by atoms with Crippen LogP contribution in [0.2, 0.25) is 5.02 Å². The Kier molecular flexibility index (Phi) is 6.62. The van der Waals surface area contributed by atoms with E-state index < -0.39 is 0 Å². The second-order valence-corrected chi connectivity index (χ2v) is 7.79. The van der Waals surface area contributed by atoms with Crippen LogP contribution in [-0.4, -0.2) is 18.2 Å². The van der Waals surface area contributed by atoms with E-state index >= 15 is 0 Å². The molecule has 1 aromatic heterocycles. The van der Waals surface area contributed by atoms with Crippen LogP contribution < -0.4 is 10.6 Å². The minimum Gasteiger partial charge on any atom is -0.465 e.